The van der Waals surface area contributed by atoms with E-state index in [2.05, 4.69) is 5.32 Å². The van der Waals surface area contributed by atoms with Gasteiger partial charge in [-0.25, -0.2) is 8.42 Å². The Labute approximate surface area is 216 Å². The lowest BCUT2D eigenvalue weighted by Crippen LogP contribution is -2.54. The number of anilines is 1. The molecule has 2 rings (SSSR count). The van der Waals surface area contributed by atoms with Crippen LogP contribution in [-0.4, -0.2) is 49.5 Å². The highest BCUT2D eigenvalue weighted by atomic mass is 35.5. The van der Waals surface area contributed by atoms with Crippen molar-refractivity contribution >= 4 is 62.3 Å². The van der Waals surface area contributed by atoms with Crippen molar-refractivity contribution in [1.29, 1.82) is 0 Å². The largest absolute Gasteiger partial charge is 0.350 e. The summed E-state index contributed by atoms with van der Waals surface area (Å²) in [5.41, 5.74) is 0.145. The van der Waals surface area contributed by atoms with E-state index in [1.807, 2.05) is 20.8 Å². The molecule has 0 aromatic heterocycles. The first-order valence-corrected chi connectivity index (χ1v) is 13.4. The van der Waals surface area contributed by atoms with Crippen molar-refractivity contribution in [3.63, 3.8) is 0 Å². The second kappa shape index (κ2) is 11.2. The van der Waals surface area contributed by atoms with Crippen LogP contribution in [0.15, 0.2) is 42.5 Å². The number of amides is 2. The Hall–Kier alpha value is -2.00. The first-order chi connectivity index (χ1) is 15.6. The molecule has 2 aromatic carbocycles. The summed E-state index contributed by atoms with van der Waals surface area (Å²) in [6.45, 7) is 6.46. The molecule has 34 heavy (non-hydrogen) atoms. The van der Waals surface area contributed by atoms with E-state index in [1.165, 1.54) is 23.1 Å². The summed E-state index contributed by atoms with van der Waals surface area (Å²) in [6.07, 6.45) is 0.964. The first-order valence-electron chi connectivity index (χ1n) is 10.4. The molecule has 0 unspecified atom stereocenters. The van der Waals surface area contributed by atoms with E-state index in [4.69, 9.17) is 34.8 Å². The minimum atomic E-state index is -3.93. The Morgan fingerprint density at radius 3 is 2.21 bits per heavy atom. The average Bonchev–Trinajstić information content (AvgIpc) is 2.70. The van der Waals surface area contributed by atoms with Crippen LogP contribution < -0.4 is 9.62 Å². The number of benzene rings is 2. The molecule has 0 radical (unpaired) electrons. The van der Waals surface area contributed by atoms with Gasteiger partial charge in [0.1, 0.15) is 12.6 Å². The van der Waals surface area contributed by atoms with Gasteiger partial charge in [0.05, 0.1) is 17.0 Å². The van der Waals surface area contributed by atoms with Crippen molar-refractivity contribution in [3.05, 3.63) is 63.1 Å². The Morgan fingerprint density at radius 1 is 1.03 bits per heavy atom. The minimum absolute atomic E-state index is 0.00187. The van der Waals surface area contributed by atoms with E-state index in [-0.39, 0.29) is 28.2 Å². The number of halogens is 3. The molecular weight excluding hydrogens is 521 g/mol. The van der Waals surface area contributed by atoms with Crippen molar-refractivity contribution in [1.82, 2.24) is 10.2 Å². The van der Waals surface area contributed by atoms with Gasteiger partial charge in [0.15, 0.2) is 0 Å². The smallest absolute Gasteiger partial charge is 0.244 e. The quantitative estimate of drug-likeness (QED) is 0.516. The molecule has 0 saturated carbocycles. The van der Waals surface area contributed by atoms with E-state index in [0.717, 1.165) is 10.6 Å². The van der Waals surface area contributed by atoms with Crippen molar-refractivity contribution in [2.45, 2.75) is 45.8 Å². The second-order valence-corrected chi connectivity index (χ2v) is 12.1. The Bertz CT molecular complexity index is 1170. The summed E-state index contributed by atoms with van der Waals surface area (Å²) >= 11 is 18.6. The topological polar surface area (TPSA) is 86.8 Å². The maximum atomic E-state index is 13.5. The third-order valence-corrected chi connectivity index (χ3v) is 6.87. The van der Waals surface area contributed by atoms with Crippen molar-refractivity contribution in [2.75, 3.05) is 17.1 Å². The van der Waals surface area contributed by atoms with Gasteiger partial charge in [-0.05, 0) is 57.5 Å². The highest BCUT2D eigenvalue weighted by Crippen LogP contribution is 2.31. The first kappa shape index (κ1) is 28.2. The molecule has 0 fully saturated rings. The molecule has 2 aromatic rings. The van der Waals surface area contributed by atoms with Crippen LogP contribution in [0.3, 0.4) is 0 Å². The molecule has 1 N–H and O–H groups in total. The number of hydrogen-bond donors (Lipinski definition) is 1. The molecule has 186 valence electrons. The van der Waals surface area contributed by atoms with Crippen molar-refractivity contribution in [2.24, 2.45) is 0 Å². The molecule has 0 aliphatic heterocycles. The third-order valence-electron chi connectivity index (χ3n) is 4.82. The van der Waals surface area contributed by atoms with Gasteiger partial charge in [0, 0.05) is 22.1 Å². The standard InChI is InChI=1S/C23H28Cl3N3O4S/c1-15(22(31)27-23(2,3)4)28(13-16-8-6-7-9-18(16)25)21(30)14-29(34(5,32)33)20-12-17(24)10-11-19(20)26/h6-12,15H,13-14H2,1-5H3,(H,27,31)/t15-/m0/s1. The van der Waals surface area contributed by atoms with Crippen LogP contribution in [0.25, 0.3) is 0 Å². The number of nitrogens with zero attached hydrogens (tertiary/aromatic N) is 2. The number of carbonyl (C=O) groups excluding carboxylic acids is 2. The number of nitrogens with one attached hydrogen (secondary N) is 1. The fraction of sp³-hybridized carbons (Fsp3) is 0.391. The summed E-state index contributed by atoms with van der Waals surface area (Å²) in [4.78, 5) is 27.7. The monoisotopic (exact) mass is 547 g/mol. The molecule has 0 aliphatic carbocycles. The second-order valence-electron chi connectivity index (χ2n) is 8.89. The molecule has 0 heterocycles. The summed E-state index contributed by atoms with van der Waals surface area (Å²) in [5.74, 6) is -1.00. The minimum Gasteiger partial charge on any atom is -0.350 e. The van der Waals surface area contributed by atoms with Gasteiger partial charge in [0.2, 0.25) is 21.8 Å². The highest BCUT2D eigenvalue weighted by Gasteiger charge is 2.32. The summed E-state index contributed by atoms with van der Waals surface area (Å²) in [6, 6.07) is 10.3. The van der Waals surface area contributed by atoms with Crippen LogP contribution in [0.5, 0.6) is 0 Å². The van der Waals surface area contributed by atoms with Crippen LogP contribution in [0.1, 0.15) is 33.3 Å². The fourth-order valence-electron chi connectivity index (χ4n) is 3.14. The van der Waals surface area contributed by atoms with Gasteiger partial charge in [-0.3, -0.25) is 13.9 Å². The number of sulfonamides is 1. The van der Waals surface area contributed by atoms with E-state index in [9.17, 15) is 18.0 Å². The molecular formula is C23H28Cl3N3O4S. The van der Waals surface area contributed by atoms with Crippen LogP contribution in [0.4, 0.5) is 5.69 Å². The van der Waals surface area contributed by atoms with Crippen molar-refractivity contribution in [3.8, 4) is 0 Å². The highest BCUT2D eigenvalue weighted by molar-refractivity contribution is 7.92. The molecule has 0 bridgehead atoms. The number of hydrogen-bond acceptors (Lipinski definition) is 4. The Balaban J connectivity index is 2.47. The van der Waals surface area contributed by atoms with Gasteiger partial charge in [0.25, 0.3) is 0 Å². The van der Waals surface area contributed by atoms with Gasteiger partial charge in [-0.2, -0.15) is 0 Å². The van der Waals surface area contributed by atoms with E-state index in [1.54, 1.807) is 31.2 Å². The van der Waals surface area contributed by atoms with Crippen LogP contribution in [0, 0.1) is 0 Å². The van der Waals surface area contributed by atoms with Gasteiger partial charge < -0.3 is 10.2 Å². The molecule has 0 spiro atoms. The molecule has 2 amide bonds. The fourth-order valence-corrected chi connectivity index (χ4v) is 4.62. The SMILES string of the molecule is C[C@@H](C(=O)NC(C)(C)C)N(Cc1ccccc1Cl)C(=O)CN(c1cc(Cl)ccc1Cl)S(C)(=O)=O. The van der Waals surface area contributed by atoms with Crippen LogP contribution in [0.2, 0.25) is 15.1 Å². The van der Waals surface area contributed by atoms with Gasteiger partial charge in [-0.1, -0.05) is 53.0 Å². The maximum Gasteiger partial charge on any atom is 0.244 e. The molecule has 7 nitrogen and oxygen atoms in total. The van der Waals surface area contributed by atoms with E-state index >= 15 is 0 Å². The molecule has 0 aliphatic rings. The van der Waals surface area contributed by atoms with E-state index < -0.39 is 34.1 Å². The van der Waals surface area contributed by atoms with E-state index in [0.29, 0.717) is 10.6 Å². The Morgan fingerprint density at radius 2 is 1.65 bits per heavy atom. The van der Waals surface area contributed by atoms with Gasteiger partial charge >= 0.3 is 0 Å². The predicted octanol–water partition coefficient (Wildman–Crippen LogP) is 4.74. The summed E-state index contributed by atoms with van der Waals surface area (Å²) in [7, 11) is -3.93. The third kappa shape index (κ3) is 7.77. The number of carbonyl (C=O) groups is 2. The Kier molecular flexibility index (Phi) is 9.27. The lowest BCUT2D eigenvalue weighted by atomic mass is 10.1. The maximum absolute atomic E-state index is 13.5. The lowest BCUT2D eigenvalue weighted by molar-refractivity contribution is -0.140. The zero-order valence-electron chi connectivity index (χ0n) is 19.6. The molecule has 11 heteroatoms. The van der Waals surface area contributed by atoms with Crippen molar-refractivity contribution < 1.29 is 18.0 Å². The van der Waals surface area contributed by atoms with Crippen LogP contribution in [-0.2, 0) is 26.2 Å². The summed E-state index contributed by atoms with van der Waals surface area (Å²) < 4.78 is 26.1. The van der Waals surface area contributed by atoms with Gasteiger partial charge in [-0.15, -0.1) is 0 Å². The predicted molar refractivity (Wildman–Crippen MR) is 138 cm³/mol. The zero-order valence-corrected chi connectivity index (χ0v) is 22.7. The summed E-state index contributed by atoms with van der Waals surface area (Å²) in [5, 5.41) is 3.63. The molecule has 0 saturated heterocycles. The number of rotatable bonds is 8. The lowest BCUT2D eigenvalue weighted by Gasteiger charge is -2.33. The zero-order chi connectivity index (χ0) is 25.8. The van der Waals surface area contributed by atoms with Crippen LogP contribution >= 0.6 is 34.8 Å². The molecule has 1 atom stereocenters. The average molecular weight is 549 g/mol. The normalized spacial score (nSPS) is 12.7.